The molecule has 2 rings (SSSR count). The first-order chi connectivity index (χ1) is 9.80. The molecule has 0 aromatic heterocycles. The second kappa shape index (κ2) is 5.91. The van der Waals surface area contributed by atoms with Gasteiger partial charge in [-0.05, 0) is 36.8 Å². The van der Waals surface area contributed by atoms with E-state index in [1.807, 2.05) is 6.92 Å². The Hall–Kier alpha value is -1.79. The maximum atomic E-state index is 13.2. The van der Waals surface area contributed by atoms with Crippen LogP contribution in [0.25, 0.3) is 0 Å². The Morgan fingerprint density at radius 1 is 1.00 bits per heavy atom. The molecule has 0 spiro atoms. The molecule has 0 aliphatic rings. The third kappa shape index (κ3) is 3.46. The number of hydrogen-bond acceptors (Lipinski definition) is 2. The molecule has 3 nitrogen and oxygen atoms in total. The molecule has 0 heterocycles. The fourth-order valence-corrected chi connectivity index (χ4v) is 3.03. The zero-order valence-corrected chi connectivity index (χ0v) is 12.5. The predicted octanol–water partition coefficient (Wildman–Crippen LogP) is 3.09. The summed E-state index contributed by atoms with van der Waals surface area (Å²) in [6.07, 6.45) is 0. The van der Waals surface area contributed by atoms with E-state index in [4.69, 9.17) is 0 Å². The number of halogens is 2. The summed E-state index contributed by atoms with van der Waals surface area (Å²) < 4.78 is 51.8. The summed E-state index contributed by atoms with van der Waals surface area (Å²) >= 11 is 0. The van der Waals surface area contributed by atoms with Gasteiger partial charge in [0.2, 0.25) is 10.0 Å². The van der Waals surface area contributed by atoms with Crippen molar-refractivity contribution in [3.8, 4) is 0 Å². The number of sulfonamides is 1. The summed E-state index contributed by atoms with van der Waals surface area (Å²) in [5.74, 6) is -1.95. The Morgan fingerprint density at radius 3 is 2.19 bits per heavy atom. The molecular weight excluding hydrogens is 296 g/mol. The lowest BCUT2D eigenvalue weighted by Gasteiger charge is -2.17. The highest BCUT2D eigenvalue weighted by molar-refractivity contribution is 7.89. The van der Waals surface area contributed by atoms with E-state index in [1.165, 1.54) is 25.2 Å². The molecule has 21 heavy (non-hydrogen) atoms. The van der Waals surface area contributed by atoms with Crippen molar-refractivity contribution in [1.29, 1.82) is 0 Å². The van der Waals surface area contributed by atoms with Crippen LogP contribution in [-0.4, -0.2) is 19.8 Å². The largest absolute Gasteiger partial charge is 0.243 e. The molecule has 0 unspecified atom stereocenters. The van der Waals surface area contributed by atoms with Gasteiger partial charge in [-0.3, -0.25) is 0 Å². The molecule has 0 radical (unpaired) electrons. The maximum absolute atomic E-state index is 13.2. The topological polar surface area (TPSA) is 37.4 Å². The second-order valence-corrected chi connectivity index (χ2v) is 6.87. The first-order valence-electron chi connectivity index (χ1n) is 6.27. The van der Waals surface area contributed by atoms with Crippen LogP contribution in [0.5, 0.6) is 0 Å². The zero-order chi connectivity index (χ0) is 15.6. The van der Waals surface area contributed by atoms with Gasteiger partial charge in [-0.1, -0.05) is 23.8 Å². The molecule has 0 saturated heterocycles. The molecule has 0 amide bonds. The first kappa shape index (κ1) is 15.6. The molecule has 2 aromatic rings. The lowest BCUT2D eigenvalue weighted by atomic mass is 10.2. The number of nitrogens with zero attached hydrogens (tertiary/aromatic N) is 1. The Bertz CT molecular complexity index is 743. The summed E-state index contributed by atoms with van der Waals surface area (Å²) in [5, 5.41) is 0. The van der Waals surface area contributed by atoms with E-state index in [9.17, 15) is 17.2 Å². The summed E-state index contributed by atoms with van der Waals surface area (Å²) in [6.45, 7) is 1.83. The van der Waals surface area contributed by atoms with Crippen LogP contribution in [-0.2, 0) is 16.6 Å². The Kier molecular flexibility index (Phi) is 4.39. The highest BCUT2D eigenvalue weighted by Crippen LogP contribution is 2.18. The van der Waals surface area contributed by atoms with Crippen molar-refractivity contribution in [2.45, 2.75) is 18.4 Å². The molecule has 0 N–H and O–H groups in total. The number of rotatable bonds is 4. The Morgan fingerprint density at radius 2 is 1.62 bits per heavy atom. The molecule has 0 aliphatic heterocycles. The number of hydrogen-bond donors (Lipinski definition) is 0. The van der Waals surface area contributed by atoms with Gasteiger partial charge in [0.1, 0.15) is 0 Å². The minimum absolute atomic E-state index is 0.0343. The number of benzene rings is 2. The fourth-order valence-electron chi connectivity index (χ4n) is 1.87. The van der Waals surface area contributed by atoms with E-state index >= 15 is 0 Å². The highest BCUT2D eigenvalue weighted by atomic mass is 32.2. The lowest BCUT2D eigenvalue weighted by Crippen LogP contribution is -2.26. The number of aryl methyl sites for hydroxylation is 1. The van der Waals surface area contributed by atoms with Gasteiger partial charge >= 0.3 is 0 Å². The molecule has 0 atom stereocenters. The van der Waals surface area contributed by atoms with Crippen molar-refractivity contribution in [2.24, 2.45) is 0 Å². The molecule has 2 aromatic carbocycles. The predicted molar refractivity (Wildman–Crippen MR) is 76.2 cm³/mol. The van der Waals surface area contributed by atoms with Gasteiger partial charge in [0.15, 0.2) is 11.6 Å². The van der Waals surface area contributed by atoms with E-state index in [2.05, 4.69) is 0 Å². The standard InChI is InChI=1S/C15H15F2NO2S/c1-11-3-6-13(7-4-11)21(19,20)18(2)10-12-5-8-14(16)15(17)9-12/h3-9H,10H2,1-2H3. The van der Waals surface area contributed by atoms with Crippen LogP contribution in [0.3, 0.4) is 0 Å². The highest BCUT2D eigenvalue weighted by Gasteiger charge is 2.21. The van der Waals surface area contributed by atoms with Crippen LogP contribution in [0.4, 0.5) is 8.78 Å². The molecule has 112 valence electrons. The lowest BCUT2D eigenvalue weighted by molar-refractivity contribution is 0.462. The maximum Gasteiger partial charge on any atom is 0.243 e. The zero-order valence-electron chi connectivity index (χ0n) is 11.7. The molecular formula is C15H15F2NO2S. The van der Waals surface area contributed by atoms with E-state index in [1.54, 1.807) is 12.1 Å². The van der Waals surface area contributed by atoms with Crippen LogP contribution in [0, 0.1) is 18.6 Å². The molecule has 0 bridgehead atoms. The van der Waals surface area contributed by atoms with Crippen molar-refractivity contribution in [1.82, 2.24) is 4.31 Å². The first-order valence-corrected chi connectivity index (χ1v) is 7.71. The Balaban J connectivity index is 2.24. The van der Waals surface area contributed by atoms with Crippen molar-refractivity contribution in [3.05, 3.63) is 65.2 Å². The molecule has 6 heteroatoms. The van der Waals surface area contributed by atoms with E-state index in [0.29, 0.717) is 5.56 Å². The third-order valence-electron chi connectivity index (χ3n) is 3.12. The average Bonchev–Trinajstić information content (AvgIpc) is 2.43. The van der Waals surface area contributed by atoms with Gasteiger partial charge < -0.3 is 0 Å². The van der Waals surface area contributed by atoms with Gasteiger partial charge in [0.05, 0.1) is 4.90 Å². The van der Waals surface area contributed by atoms with Gasteiger partial charge in [-0.2, -0.15) is 4.31 Å². The Labute approximate surface area is 122 Å². The molecule has 0 fully saturated rings. The van der Waals surface area contributed by atoms with Gasteiger partial charge in [-0.25, -0.2) is 17.2 Å². The molecule has 0 aliphatic carbocycles. The fraction of sp³-hybridized carbons (Fsp3) is 0.200. The summed E-state index contributed by atoms with van der Waals surface area (Å²) in [4.78, 5) is 0.165. The quantitative estimate of drug-likeness (QED) is 0.870. The summed E-state index contributed by atoms with van der Waals surface area (Å²) in [6, 6.07) is 9.79. The SMILES string of the molecule is Cc1ccc(S(=O)(=O)N(C)Cc2ccc(F)c(F)c2)cc1. The summed E-state index contributed by atoms with van der Waals surface area (Å²) in [7, 11) is -2.26. The van der Waals surface area contributed by atoms with Crippen LogP contribution in [0.2, 0.25) is 0 Å². The van der Waals surface area contributed by atoms with Gasteiger partial charge in [0, 0.05) is 13.6 Å². The van der Waals surface area contributed by atoms with Crippen LogP contribution in [0.1, 0.15) is 11.1 Å². The van der Waals surface area contributed by atoms with Crippen molar-refractivity contribution in [2.75, 3.05) is 7.05 Å². The van der Waals surface area contributed by atoms with Crippen LogP contribution < -0.4 is 0 Å². The average molecular weight is 311 g/mol. The van der Waals surface area contributed by atoms with E-state index < -0.39 is 21.7 Å². The molecule has 0 saturated carbocycles. The van der Waals surface area contributed by atoms with Crippen LogP contribution in [0.15, 0.2) is 47.4 Å². The minimum Gasteiger partial charge on any atom is -0.207 e. The van der Waals surface area contributed by atoms with Gasteiger partial charge in [0.25, 0.3) is 0 Å². The smallest absolute Gasteiger partial charge is 0.207 e. The van der Waals surface area contributed by atoms with E-state index in [0.717, 1.165) is 22.0 Å². The van der Waals surface area contributed by atoms with Gasteiger partial charge in [-0.15, -0.1) is 0 Å². The van der Waals surface area contributed by atoms with Crippen molar-refractivity contribution >= 4 is 10.0 Å². The van der Waals surface area contributed by atoms with Crippen molar-refractivity contribution < 1.29 is 17.2 Å². The minimum atomic E-state index is -3.66. The van der Waals surface area contributed by atoms with Crippen LogP contribution >= 0.6 is 0 Å². The normalized spacial score (nSPS) is 11.9. The second-order valence-electron chi connectivity index (χ2n) is 4.82. The summed E-state index contributed by atoms with van der Waals surface area (Å²) in [5.41, 5.74) is 1.34. The monoisotopic (exact) mass is 311 g/mol. The third-order valence-corrected chi connectivity index (χ3v) is 4.94. The van der Waals surface area contributed by atoms with E-state index in [-0.39, 0.29) is 11.4 Å². The van der Waals surface area contributed by atoms with Crippen molar-refractivity contribution in [3.63, 3.8) is 0 Å².